The summed E-state index contributed by atoms with van der Waals surface area (Å²) < 4.78 is 2.03. The second kappa shape index (κ2) is 8.27. The third-order valence-electron chi connectivity index (χ3n) is 5.73. The van der Waals surface area contributed by atoms with Crippen molar-refractivity contribution in [1.29, 1.82) is 0 Å². The molecule has 3 aromatic carbocycles. The van der Waals surface area contributed by atoms with Gasteiger partial charge in [-0.05, 0) is 49.6 Å². The Bertz CT molecular complexity index is 1390. The maximum Gasteiger partial charge on any atom is 0.225 e. The second-order valence-corrected chi connectivity index (χ2v) is 8.13. The minimum absolute atomic E-state index is 0.0675. The lowest BCUT2D eigenvalue weighted by Crippen LogP contribution is -2.11. The van der Waals surface area contributed by atoms with Crippen LogP contribution in [-0.2, 0) is 0 Å². The van der Waals surface area contributed by atoms with Gasteiger partial charge >= 0.3 is 0 Å². The SMILES string of the molecule is Cc1ccc2ncn(-c3cc(-c4ccccc4C)nc(NC(C)c4ccccc4)n3)c2c1. The zero-order valence-corrected chi connectivity index (χ0v) is 18.4. The number of nitrogens with one attached hydrogen (secondary N) is 1. The molecule has 0 saturated heterocycles. The monoisotopic (exact) mass is 419 g/mol. The molecule has 1 unspecified atom stereocenters. The van der Waals surface area contributed by atoms with Crippen molar-refractivity contribution in [2.24, 2.45) is 0 Å². The largest absolute Gasteiger partial charge is 0.348 e. The first kappa shape index (κ1) is 19.9. The van der Waals surface area contributed by atoms with Gasteiger partial charge in [-0.15, -0.1) is 0 Å². The quantitative estimate of drug-likeness (QED) is 0.365. The highest BCUT2D eigenvalue weighted by atomic mass is 15.2. The molecule has 1 atom stereocenters. The summed E-state index contributed by atoms with van der Waals surface area (Å²) in [6.07, 6.45) is 1.83. The molecule has 0 saturated carbocycles. The van der Waals surface area contributed by atoms with E-state index in [2.05, 4.69) is 67.5 Å². The van der Waals surface area contributed by atoms with Gasteiger partial charge in [-0.2, -0.15) is 4.98 Å². The third kappa shape index (κ3) is 3.85. The van der Waals surface area contributed by atoms with Gasteiger partial charge in [-0.25, -0.2) is 9.97 Å². The fourth-order valence-electron chi connectivity index (χ4n) is 3.94. The Hall–Kier alpha value is -3.99. The molecule has 5 nitrogen and oxygen atoms in total. The molecule has 158 valence electrons. The molecule has 0 aliphatic carbocycles. The fraction of sp³-hybridized carbons (Fsp3) is 0.148. The van der Waals surface area contributed by atoms with Gasteiger partial charge in [0.15, 0.2) is 0 Å². The number of anilines is 1. The van der Waals surface area contributed by atoms with Gasteiger partial charge in [-0.3, -0.25) is 4.57 Å². The minimum atomic E-state index is 0.0675. The molecule has 0 aliphatic rings. The lowest BCUT2D eigenvalue weighted by atomic mass is 10.1. The molecule has 32 heavy (non-hydrogen) atoms. The molecular weight excluding hydrogens is 394 g/mol. The summed E-state index contributed by atoms with van der Waals surface area (Å²) in [5.41, 5.74) is 7.48. The molecule has 0 spiro atoms. The molecule has 2 aromatic heterocycles. The van der Waals surface area contributed by atoms with Crippen LogP contribution in [0.4, 0.5) is 5.95 Å². The minimum Gasteiger partial charge on any atom is -0.348 e. The van der Waals surface area contributed by atoms with Crippen molar-refractivity contribution < 1.29 is 0 Å². The van der Waals surface area contributed by atoms with Crippen molar-refractivity contribution in [1.82, 2.24) is 19.5 Å². The highest BCUT2D eigenvalue weighted by Crippen LogP contribution is 2.27. The summed E-state index contributed by atoms with van der Waals surface area (Å²) in [7, 11) is 0. The summed E-state index contributed by atoms with van der Waals surface area (Å²) in [4.78, 5) is 14.3. The Morgan fingerprint density at radius 3 is 2.44 bits per heavy atom. The molecule has 0 fully saturated rings. The number of hydrogen-bond donors (Lipinski definition) is 1. The van der Waals surface area contributed by atoms with Crippen LogP contribution in [0.1, 0.15) is 29.7 Å². The van der Waals surface area contributed by atoms with E-state index in [1.165, 1.54) is 16.7 Å². The van der Waals surface area contributed by atoms with Crippen LogP contribution in [0.15, 0.2) is 85.2 Å². The Morgan fingerprint density at radius 1 is 0.844 bits per heavy atom. The number of rotatable bonds is 5. The molecule has 0 aliphatic heterocycles. The van der Waals surface area contributed by atoms with Crippen molar-refractivity contribution in [2.75, 3.05) is 5.32 Å². The van der Waals surface area contributed by atoms with Gasteiger partial charge in [0.05, 0.1) is 22.8 Å². The number of aromatic nitrogens is 4. The third-order valence-corrected chi connectivity index (χ3v) is 5.73. The van der Waals surface area contributed by atoms with E-state index in [4.69, 9.17) is 9.97 Å². The van der Waals surface area contributed by atoms with Crippen LogP contribution in [0.5, 0.6) is 0 Å². The van der Waals surface area contributed by atoms with E-state index in [1.54, 1.807) is 0 Å². The van der Waals surface area contributed by atoms with Gasteiger partial charge in [0, 0.05) is 11.6 Å². The van der Waals surface area contributed by atoms with Gasteiger partial charge in [-0.1, -0.05) is 60.7 Å². The number of fused-ring (bicyclic) bond motifs is 1. The summed E-state index contributed by atoms with van der Waals surface area (Å²) >= 11 is 0. The molecule has 0 amide bonds. The van der Waals surface area contributed by atoms with Crippen molar-refractivity contribution in [3.8, 4) is 17.1 Å². The Balaban J connectivity index is 1.64. The molecule has 2 heterocycles. The first-order chi connectivity index (χ1) is 15.6. The summed E-state index contributed by atoms with van der Waals surface area (Å²) in [6, 6.07) is 27.0. The summed E-state index contributed by atoms with van der Waals surface area (Å²) in [5.74, 6) is 1.38. The van der Waals surface area contributed by atoms with E-state index < -0.39 is 0 Å². The van der Waals surface area contributed by atoms with Crippen LogP contribution in [0.3, 0.4) is 0 Å². The van der Waals surface area contributed by atoms with Crippen LogP contribution < -0.4 is 5.32 Å². The Morgan fingerprint density at radius 2 is 1.62 bits per heavy atom. The number of benzene rings is 3. The average Bonchev–Trinajstić information content (AvgIpc) is 3.23. The van der Waals surface area contributed by atoms with E-state index >= 15 is 0 Å². The summed E-state index contributed by atoms with van der Waals surface area (Å²) in [6.45, 7) is 6.31. The van der Waals surface area contributed by atoms with Gasteiger partial charge < -0.3 is 5.32 Å². The van der Waals surface area contributed by atoms with Crippen molar-refractivity contribution in [2.45, 2.75) is 26.8 Å². The van der Waals surface area contributed by atoms with Crippen LogP contribution in [0.2, 0.25) is 0 Å². The zero-order valence-electron chi connectivity index (χ0n) is 18.4. The highest BCUT2D eigenvalue weighted by molar-refractivity contribution is 5.78. The van der Waals surface area contributed by atoms with E-state index in [0.717, 1.165) is 28.1 Å². The number of hydrogen-bond acceptors (Lipinski definition) is 4. The maximum atomic E-state index is 4.88. The van der Waals surface area contributed by atoms with E-state index in [-0.39, 0.29) is 6.04 Å². The van der Waals surface area contributed by atoms with Crippen LogP contribution >= 0.6 is 0 Å². The highest BCUT2D eigenvalue weighted by Gasteiger charge is 2.14. The first-order valence-corrected chi connectivity index (χ1v) is 10.8. The number of imidazole rings is 1. The maximum absolute atomic E-state index is 4.88. The molecule has 0 radical (unpaired) electrons. The van der Waals surface area contributed by atoms with Gasteiger partial charge in [0.2, 0.25) is 5.95 Å². The molecular formula is C27H25N5. The smallest absolute Gasteiger partial charge is 0.225 e. The predicted molar refractivity (Wildman–Crippen MR) is 130 cm³/mol. The van der Waals surface area contributed by atoms with Gasteiger partial charge in [0.25, 0.3) is 0 Å². The van der Waals surface area contributed by atoms with Crippen molar-refractivity contribution in [3.63, 3.8) is 0 Å². The Labute approximate surface area is 187 Å². The standard InChI is InChI=1S/C27H25N5/c1-18-13-14-23-25(15-18)32(17-28-23)26-16-24(22-12-8-7-9-19(22)2)30-27(31-26)29-20(3)21-10-5-4-6-11-21/h4-17,20H,1-3H3,(H,29,30,31). The Kier molecular flexibility index (Phi) is 5.15. The number of nitrogens with zero attached hydrogens (tertiary/aromatic N) is 4. The van der Waals surface area contributed by atoms with Crippen molar-refractivity contribution >= 4 is 17.0 Å². The zero-order chi connectivity index (χ0) is 22.1. The van der Waals surface area contributed by atoms with Crippen LogP contribution in [-0.4, -0.2) is 19.5 Å². The summed E-state index contributed by atoms with van der Waals surface area (Å²) in [5, 5.41) is 3.49. The van der Waals surface area contributed by atoms with Crippen molar-refractivity contribution in [3.05, 3.63) is 102 Å². The number of aryl methyl sites for hydroxylation is 2. The molecule has 0 bridgehead atoms. The van der Waals surface area contributed by atoms with E-state index in [0.29, 0.717) is 5.95 Å². The lowest BCUT2D eigenvalue weighted by Gasteiger charge is -2.17. The lowest BCUT2D eigenvalue weighted by molar-refractivity contribution is 0.855. The second-order valence-electron chi connectivity index (χ2n) is 8.13. The molecule has 1 N–H and O–H groups in total. The predicted octanol–water partition coefficient (Wildman–Crippen LogP) is 6.27. The van der Waals surface area contributed by atoms with Gasteiger partial charge in [0.1, 0.15) is 12.1 Å². The van der Waals surface area contributed by atoms with Crippen LogP contribution in [0.25, 0.3) is 28.1 Å². The molecule has 5 heteroatoms. The van der Waals surface area contributed by atoms with E-state index in [1.807, 2.05) is 53.4 Å². The van der Waals surface area contributed by atoms with E-state index in [9.17, 15) is 0 Å². The molecule has 5 rings (SSSR count). The first-order valence-electron chi connectivity index (χ1n) is 10.8. The van der Waals surface area contributed by atoms with Crippen LogP contribution in [0, 0.1) is 13.8 Å². The normalized spacial score (nSPS) is 12.1. The molecule has 5 aromatic rings. The topological polar surface area (TPSA) is 55.6 Å². The average molecular weight is 420 g/mol. The fourth-order valence-corrected chi connectivity index (χ4v) is 3.94.